The Balaban J connectivity index is 0. The van der Waals surface area contributed by atoms with Crippen LogP contribution in [-0.4, -0.2) is 4.98 Å². The molecule has 0 aliphatic heterocycles. The molecule has 0 aromatic carbocycles. The van der Waals surface area contributed by atoms with E-state index in [-0.39, 0.29) is 0 Å². The summed E-state index contributed by atoms with van der Waals surface area (Å²) in [7, 11) is 0. The summed E-state index contributed by atoms with van der Waals surface area (Å²) in [5.74, 6) is 2.05. The third kappa shape index (κ3) is 11.2. The molecule has 2 nitrogen and oxygen atoms in total. The van der Waals surface area contributed by atoms with Crippen molar-refractivity contribution in [3.63, 3.8) is 0 Å². The van der Waals surface area contributed by atoms with Crippen LogP contribution in [0.3, 0.4) is 0 Å². The Labute approximate surface area is 88.7 Å². The molecule has 0 unspecified atom stereocenters. The van der Waals surface area contributed by atoms with E-state index >= 15 is 0 Å². The lowest BCUT2D eigenvalue weighted by molar-refractivity contribution is 0.471. The Morgan fingerprint density at radius 2 is 1.50 bits per heavy atom. The van der Waals surface area contributed by atoms with Crippen LogP contribution in [0.25, 0.3) is 0 Å². The lowest BCUT2D eigenvalue weighted by Crippen LogP contribution is -1.83. The first-order valence-electron chi connectivity index (χ1n) is 5.43. The van der Waals surface area contributed by atoms with Crippen LogP contribution in [0.5, 0.6) is 0 Å². The summed E-state index contributed by atoms with van der Waals surface area (Å²) in [5.41, 5.74) is 0. The predicted octanol–water partition coefficient (Wildman–Crippen LogP) is 4.49. The molecule has 84 valence electrons. The van der Waals surface area contributed by atoms with Gasteiger partial charge in [-0.05, 0) is 5.92 Å². The SMILES string of the molecule is CC.CC(C)C.CC(C)c1ncco1. The minimum Gasteiger partial charge on any atom is -0.449 e. The number of rotatable bonds is 1. The van der Waals surface area contributed by atoms with E-state index in [1.807, 2.05) is 27.7 Å². The van der Waals surface area contributed by atoms with Crippen LogP contribution in [0, 0.1) is 5.92 Å². The highest BCUT2D eigenvalue weighted by Gasteiger charge is 2.00. The van der Waals surface area contributed by atoms with Crippen LogP contribution in [0.4, 0.5) is 0 Å². The van der Waals surface area contributed by atoms with Gasteiger partial charge in [0.1, 0.15) is 6.26 Å². The molecule has 0 amide bonds. The van der Waals surface area contributed by atoms with Crippen molar-refractivity contribution in [1.29, 1.82) is 0 Å². The molecule has 1 aromatic rings. The van der Waals surface area contributed by atoms with Crippen molar-refractivity contribution in [3.8, 4) is 0 Å². The second-order valence-corrected chi connectivity index (χ2v) is 3.76. The van der Waals surface area contributed by atoms with Gasteiger partial charge in [0.15, 0.2) is 5.89 Å². The lowest BCUT2D eigenvalue weighted by atomic mass is 10.2. The third-order valence-corrected chi connectivity index (χ3v) is 0.945. The van der Waals surface area contributed by atoms with Crippen LogP contribution < -0.4 is 0 Å². The molecule has 0 atom stereocenters. The van der Waals surface area contributed by atoms with Crippen LogP contribution >= 0.6 is 0 Å². The molecule has 0 N–H and O–H groups in total. The van der Waals surface area contributed by atoms with Crippen molar-refractivity contribution in [2.45, 2.75) is 54.4 Å². The molecule has 0 spiro atoms. The van der Waals surface area contributed by atoms with Gasteiger partial charge in [-0.15, -0.1) is 0 Å². The molecular weight excluding hydrogens is 174 g/mol. The van der Waals surface area contributed by atoms with E-state index < -0.39 is 0 Å². The average molecular weight is 199 g/mol. The summed E-state index contributed by atoms with van der Waals surface area (Å²) in [5, 5.41) is 0. The van der Waals surface area contributed by atoms with E-state index in [1.54, 1.807) is 12.5 Å². The molecule has 0 aliphatic rings. The quantitative estimate of drug-likeness (QED) is 0.666. The Kier molecular flexibility index (Phi) is 11.5. The van der Waals surface area contributed by atoms with E-state index in [9.17, 15) is 0 Å². The van der Waals surface area contributed by atoms with Crippen molar-refractivity contribution in [2.24, 2.45) is 5.92 Å². The summed E-state index contributed by atoms with van der Waals surface area (Å²) in [4.78, 5) is 3.95. The van der Waals surface area contributed by atoms with Gasteiger partial charge < -0.3 is 4.42 Å². The van der Waals surface area contributed by atoms with E-state index in [4.69, 9.17) is 4.42 Å². The number of hydrogen-bond acceptors (Lipinski definition) is 2. The molecule has 1 rings (SSSR count). The molecule has 1 heterocycles. The number of aromatic nitrogens is 1. The topological polar surface area (TPSA) is 26.0 Å². The number of oxazole rings is 1. The Morgan fingerprint density at radius 1 is 1.07 bits per heavy atom. The van der Waals surface area contributed by atoms with Gasteiger partial charge in [0.05, 0.1) is 6.20 Å². The summed E-state index contributed by atoms with van der Waals surface area (Å²) in [6.45, 7) is 14.6. The molecule has 0 radical (unpaired) electrons. The fourth-order valence-corrected chi connectivity index (χ4v) is 0.520. The van der Waals surface area contributed by atoms with Crippen molar-refractivity contribution in [2.75, 3.05) is 0 Å². The molecular formula is C12H25NO. The second kappa shape index (κ2) is 10.3. The molecule has 14 heavy (non-hydrogen) atoms. The lowest BCUT2D eigenvalue weighted by Gasteiger charge is -1.92. The highest BCUT2D eigenvalue weighted by Crippen LogP contribution is 2.09. The van der Waals surface area contributed by atoms with Gasteiger partial charge in [-0.1, -0.05) is 48.5 Å². The normalized spacial score (nSPS) is 8.93. The number of nitrogens with zero attached hydrogens (tertiary/aromatic N) is 1. The maximum absolute atomic E-state index is 4.98. The van der Waals surface area contributed by atoms with Crippen LogP contribution in [0.1, 0.15) is 60.3 Å². The monoisotopic (exact) mass is 199 g/mol. The van der Waals surface area contributed by atoms with Crippen LogP contribution in [0.2, 0.25) is 0 Å². The van der Waals surface area contributed by atoms with E-state index in [0.29, 0.717) is 5.92 Å². The first kappa shape index (κ1) is 15.7. The van der Waals surface area contributed by atoms with E-state index in [1.165, 1.54) is 0 Å². The Hall–Kier alpha value is -0.790. The fourth-order valence-electron chi connectivity index (χ4n) is 0.520. The highest BCUT2D eigenvalue weighted by molar-refractivity contribution is 4.85. The fraction of sp³-hybridized carbons (Fsp3) is 0.750. The molecule has 0 saturated heterocycles. The predicted molar refractivity (Wildman–Crippen MR) is 62.5 cm³/mol. The van der Waals surface area contributed by atoms with Crippen molar-refractivity contribution >= 4 is 0 Å². The summed E-state index contributed by atoms with van der Waals surface area (Å²) in [6, 6.07) is 0. The van der Waals surface area contributed by atoms with E-state index in [2.05, 4.69) is 25.8 Å². The van der Waals surface area contributed by atoms with Gasteiger partial charge >= 0.3 is 0 Å². The molecule has 0 bridgehead atoms. The third-order valence-electron chi connectivity index (χ3n) is 0.945. The second-order valence-electron chi connectivity index (χ2n) is 3.76. The Bertz CT molecular complexity index is 175. The van der Waals surface area contributed by atoms with Gasteiger partial charge in [-0.2, -0.15) is 0 Å². The van der Waals surface area contributed by atoms with Gasteiger partial charge in [-0.25, -0.2) is 4.98 Å². The zero-order valence-corrected chi connectivity index (χ0v) is 10.7. The maximum atomic E-state index is 4.98. The van der Waals surface area contributed by atoms with Crippen LogP contribution in [-0.2, 0) is 0 Å². The molecule has 0 aliphatic carbocycles. The van der Waals surface area contributed by atoms with Crippen molar-refractivity contribution in [3.05, 3.63) is 18.4 Å². The summed E-state index contributed by atoms with van der Waals surface area (Å²) < 4.78 is 4.98. The minimum atomic E-state index is 0.407. The summed E-state index contributed by atoms with van der Waals surface area (Å²) in [6.07, 6.45) is 3.25. The molecule has 0 fully saturated rings. The van der Waals surface area contributed by atoms with Gasteiger partial charge in [0.2, 0.25) is 0 Å². The Morgan fingerprint density at radius 3 is 1.64 bits per heavy atom. The van der Waals surface area contributed by atoms with E-state index in [0.717, 1.165) is 11.8 Å². The molecule has 0 saturated carbocycles. The maximum Gasteiger partial charge on any atom is 0.196 e. The standard InChI is InChI=1S/C6H9NO.C4H10.C2H6/c1-5(2)6-7-3-4-8-6;1-4(2)3;1-2/h3-5H,1-2H3;4H,1-3H3;1-2H3. The summed E-state index contributed by atoms with van der Waals surface area (Å²) >= 11 is 0. The first-order valence-corrected chi connectivity index (χ1v) is 5.43. The zero-order valence-electron chi connectivity index (χ0n) is 10.7. The van der Waals surface area contributed by atoms with Gasteiger partial charge in [0.25, 0.3) is 0 Å². The molecule has 2 heteroatoms. The van der Waals surface area contributed by atoms with Gasteiger partial charge in [0, 0.05) is 5.92 Å². The molecule has 1 aromatic heterocycles. The van der Waals surface area contributed by atoms with Crippen molar-refractivity contribution in [1.82, 2.24) is 4.98 Å². The minimum absolute atomic E-state index is 0.407. The van der Waals surface area contributed by atoms with Crippen molar-refractivity contribution < 1.29 is 4.42 Å². The van der Waals surface area contributed by atoms with Crippen LogP contribution in [0.15, 0.2) is 16.9 Å². The van der Waals surface area contributed by atoms with Gasteiger partial charge in [-0.3, -0.25) is 0 Å². The highest BCUT2D eigenvalue weighted by atomic mass is 16.3. The smallest absolute Gasteiger partial charge is 0.196 e. The largest absolute Gasteiger partial charge is 0.449 e. The number of hydrogen-bond donors (Lipinski definition) is 0. The average Bonchev–Trinajstić information content (AvgIpc) is 2.58. The zero-order chi connectivity index (χ0) is 11.6. The first-order chi connectivity index (χ1) is 6.54.